The Balaban J connectivity index is 2.43. The quantitative estimate of drug-likeness (QED) is 0.552. The number of carbonyl (C=O) groups is 2. The monoisotopic (exact) mass is 492 g/mol. The molecule has 0 saturated heterocycles. The molecular weight excluding hydrogens is 459 g/mol. The Morgan fingerprint density at radius 1 is 0.971 bits per heavy atom. The third-order valence-corrected chi connectivity index (χ3v) is 7.02. The van der Waals surface area contributed by atoms with Crippen LogP contribution in [0.15, 0.2) is 48.5 Å². The lowest BCUT2D eigenvalue weighted by atomic mass is 10.1. The van der Waals surface area contributed by atoms with Gasteiger partial charge in [0, 0.05) is 26.7 Å². The Bertz CT molecular complexity index is 1090. The molecule has 2 rings (SSSR count). The highest BCUT2D eigenvalue weighted by Gasteiger charge is 2.32. The summed E-state index contributed by atoms with van der Waals surface area (Å²) in [6.45, 7) is 6.74. The molecule has 0 aliphatic heterocycles. The summed E-state index contributed by atoms with van der Waals surface area (Å²) in [5.41, 5.74) is 1.98. The number of aryl methyl sites for hydroxylation is 1. The first-order valence-electron chi connectivity index (χ1n) is 10.9. The molecule has 0 radical (unpaired) electrons. The summed E-state index contributed by atoms with van der Waals surface area (Å²) in [5, 5.41) is 2.80. The molecule has 2 aromatic carbocycles. The van der Waals surface area contributed by atoms with E-state index in [0.717, 1.165) is 31.9 Å². The molecule has 0 heterocycles. The largest absolute Gasteiger partial charge is 0.352 e. The van der Waals surface area contributed by atoms with Crippen LogP contribution in [0.3, 0.4) is 0 Å². The second-order valence-corrected chi connectivity index (χ2v) is 10.7. The van der Waals surface area contributed by atoms with Crippen LogP contribution in [0.1, 0.15) is 31.9 Å². The van der Waals surface area contributed by atoms with E-state index in [9.17, 15) is 22.4 Å². The van der Waals surface area contributed by atoms with E-state index < -0.39 is 34.5 Å². The topological polar surface area (TPSA) is 90.0 Å². The zero-order valence-electron chi connectivity index (χ0n) is 20.4. The lowest BCUT2D eigenvalue weighted by Crippen LogP contribution is -2.53. The molecule has 0 aromatic heterocycles. The van der Waals surface area contributed by atoms with Gasteiger partial charge in [0.1, 0.15) is 18.4 Å². The fourth-order valence-electron chi connectivity index (χ4n) is 3.20. The molecule has 186 valence electrons. The van der Waals surface area contributed by atoms with Crippen LogP contribution in [0.2, 0.25) is 0 Å². The minimum atomic E-state index is -4.08. The minimum absolute atomic E-state index is 0.116. The van der Waals surface area contributed by atoms with Gasteiger partial charge in [-0.25, -0.2) is 8.70 Å². The highest BCUT2D eigenvalue weighted by Crippen LogP contribution is 2.21. The summed E-state index contributed by atoms with van der Waals surface area (Å²) in [6, 6.07) is 11.4. The molecule has 8 nitrogen and oxygen atoms in total. The number of nitrogens with zero attached hydrogens (tertiary/aromatic N) is 3. The third kappa shape index (κ3) is 7.01. The van der Waals surface area contributed by atoms with Crippen molar-refractivity contribution in [3.8, 4) is 0 Å². The first-order valence-corrected chi connectivity index (χ1v) is 12.3. The van der Waals surface area contributed by atoms with Crippen molar-refractivity contribution >= 4 is 27.7 Å². The fourth-order valence-corrected chi connectivity index (χ4v) is 4.26. The van der Waals surface area contributed by atoms with Crippen LogP contribution in [0.25, 0.3) is 0 Å². The van der Waals surface area contributed by atoms with Crippen molar-refractivity contribution in [3.05, 3.63) is 65.5 Å². The smallest absolute Gasteiger partial charge is 0.304 e. The molecule has 1 atom stereocenters. The van der Waals surface area contributed by atoms with Gasteiger partial charge >= 0.3 is 10.2 Å². The molecule has 0 fully saturated rings. The van der Waals surface area contributed by atoms with Crippen LogP contribution in [-0.2, 0) is 26.3 Å². The van der Waals surface area contributed by atoms with Gasteiger partial charge in [-0.1, -0.05) is 29.8 Å². The second-order valence-electron chi connectivity index (χ2n) is 8.62. The molecule has 2 amide bonds. The summed E-state index contributed by atoms with van der Waals surface area (Å²) in [6.07, 6.45) is 0. The number of rotatable bonds is 10. The average molecular weight is 493 g/mol. The first-order chi connectivity index (χ1) is 15.8. The highest BCUT2D eigenvalue weighted by molar-refractivity contribution is 7.90. The Morgan fingerprint density at radius 2 is 1.53 bits per heavy atom. The van der Waals surface area contributed by atoms with Crippen molar-refractivity contribution in [3.63, 3.8) is 0 Å². The van der Waals surface area contributed by atoms with Crippen LogP contribution < -0.4 is 9.62 Å². The zero-order valence-corrected chi connectivity index (χ0v) is 21.3. The normalized spacial score (nSPS) is 12.5. The molecule has 34 heavy (non-hydrogen) atoms. The standard InChI is InChI=1S/C24H33FN4O4S/c1-17(2)26-24(31)19(4)28(15-20-9-7-18(3)8-10-20)23(30)16-29(34(32,33)27(5)6)22-13-11-21(25)12-14-22/h7-14,17,19H,15-16H2,1-6H3,(H,26,31)/t19-/m0/s1. The van der Waals surface area contributed by atoms with E-state index in [4.69, 9.17) is 0 Å². The number of hydrogen-bond acceptors (Lipinski definition) is 4. The number of anilines is 1. The van der Waals surface area contributed by atoms with Crippen LogP contribution in [0.5, 0.6) is 0 Å². The van der Waals surface area contributed by atoms with Crippen LogP contribution in [0.4, 0.5) is 10.1 Å². The molecule has 0 aliphatic rings. The average Bonchev–Trinajstić information content (AvgIpc) is 2.76. The fraction of sp³-hybridized carbons (Fsp3) is 0.417. The van der Waals surface area contributed by atoms with E-state index in [0.29, 0.717) is 0 Å². The van der Waals surface area contributed by atoms with Crippen molar-refractivity contribution in [2.24, 2.45) is 0 Å². The predicted octanol–water partition coefficient (Wildman–Crippen LogP) is 2.69. The Hall–Kier alpha value is -2.98. The van der Waals surface area contributed by atoms with Crippen molar-refractivity contribution in [2.45, 2.75) is 46.3 Å². The van der Waals surface area contributed by atoms with Gasteiger partial charge < -0.3 is 10.2 Å². The zero-order chi connectivity index (χ0) is 25.6. The Labute approximate surface area is 201 Å². The van der Waals surface area contributed by atoms with Crippen molar-refractivity contribution in [2.75, 3.05) is 24.9 Å². The van der Waals surface area contributed by atoms with Gasteiger partial charge in [-0.2, -0.15) is 12.7 Å². The lowest BCUT2D eigenvalue weighted by molar-refractivity contribution is -0.139. The van der Waals surface area contributed by atoms with E-state index in [1.165, 1.54) is 31.1 Å². The summed E-state index contributed by atoms with van der Waals surface area (Å²) < 4.78 is 41.4. The molecule has 1 N–H and O–H groups in total. The molecular formula is C24H33FN4O4S. The van der Waals surface area contributed by atoms with Crippen LogP contribution in [0, 0.1) is 12.7 Å². The first kappa shape index (κ1) is 27.3. The number of hydrogen-bond donors (Lipinski definition) is 1. The van der Waals surface area contributed by atoms with Crippen molar-refractivity contribution in [1.82, 2.24) is 14.5 Å². The number of amides is 2. The SMILES string of the molecule is Cc1ccc(CN(C(=O)CN(c2ccc(F)cc2)S(=O)(=O)N(C)C)[C@@H](C)C(=O)NC(C)C)cc1. The molecule has 0 aliphatic carbocycles. The summed E-state index contributed by atoms with van der Waals surface area (Å²) in [7, 11) is -1.39. The molecule has 0 unspecified atom stereocenters. The molecule has 0 spiro atoms. The van der Waals surface area contributed by atoms with Gasteiger partial charge in [-0.05, 0) is 57.5 Å². The van der Waals surface area contributed by atoms with Crippen LogP contribution >= 0.6 is 0 Å². The van der Waals surface area contributed by atoms with Crippen molar-refractivity contribution in [1.29, 1.82) is 0 Å². The van der Waals surface area contributed by atoms with E-state index in [1.54, 1.807) is 6.92 Å². The second kappa shape index (κ2) is 11.4. The molecule has 10 heteroatoms. The van der Waals surface area contributed by atoms with Gasteiger partial charge in [-0.15, -0.1) is 0 Å². The molecule has 0 saturated carbocycles. The number of halogens is 1. The van der Waals surface area contributed by atoms with Gasteiger partial charge in [-0.3, -0.25) is 9.59 Å². The maximum Gasteiger partial charge on any atom is 0.304 e. The number of benzene rings is 2. The Kier molecular flexibility index (Phi) is 9.17. The van der Waals surface area contributed by atoms with Gasteiger partial charge in [0.2, 0.25) is 11.8 Å². The molecule has 0 bridgehead atoms. The van der Waals surface area contributed by atoms with E-state index in [1.807, 2.05) is 45.0 Å². The van der Waals surface area contributed by atoms with Crippen molar-refractivity contribution < 1.29 is 22.4 Å². The van der Waals surface area contributed by atoms with Gasteiger partial charge in [0.05, 0.1) is 5.69 Å². The summed E-state index contributed by atoms with van der Waals surface area (Å²) in [4.78, 5) is 27.6. The number of carbonyl (C=O) groups excluding carboxylic acids is 2. The van der Waals surface area contributed by atoms with Gasteiger partial charge in [0.15, 0.2) is 0 Å². The summed E-state index contributed by atoms with van der Waals surface area (Å²) >= 11 is 0. The highest BCUT2D eigenvalue weighted by atomic mass is 32.2. The molecule has 2 aromatic rings. The third-order valence-electron chi connectivity index (χ3n) is 5.21. The van der Waals surface area contributed by atoms with E-state index in [-0.39, 0.29) is 24.2 Å². The van der Waals surface area contributed by atoms with E-state index in [2.05, 4.69) is 5.32 Å². The maximum absolute atomic E-state index is 13.5. The minimum Gasteiger partial charge on any atom is -0.352 e. The Morgan fingerprint density at radius 3 is 2.03 bits per heavy atom. The van der Waals surface area contributed by atoms with Crippen LogP contribution in [-0.4, -0.2) is 62.2 Å². The van der Waals surface area contributed by atoms with E-state index >= 15 is 0 Å². The maximum atomic E-state index is 13.5. The predicted molar refractivity (Wildman–Crippen MR) is 131 cm³/mol. The van der Waals surface area contributed by atoms with Gasteiger partial charge in [0.25, 0.3) is 0 Å². The summed E-state index contributed by atoms with van der Waals surface area (Å²) in [5.74, 6) is -1.45. The lowest BCUT2D eigenvalue weighted by Gasteiger charge is -2.33. The number of nitrogens with one attached hydrogen (secondary N) is 1.